The van der Waals surface area contributed by atoms with Gasteiger partial charge in [-0.05, 0) is 20.8 Å². The first kappa shape index (κ1) is 14.5. The van der Waals surface area contributed by atoms with Crippen molar-refractivity contribution in [3.63, 3.8) is 0 Å². The van der Waals surface area contributed by atoms with E-state index < -0.39 is 11.7 Å². The van der Waals surface area contributed by atoms with Gasteiger partial charge in [0.1, 0.15) is 12.7 Å². The summed E-state index contributed by atoms with van der Waals surface area (Å²) in [4.78, 5) is 17.7. The van der Waals surface area contributed by atoms with Crippen LogP contribution in [-0.4, -0.2) is 43.0 Å². The van der Waals surface area contributed by atoms with E-state index in [4.69, 9.17) is 4.74 Å². The van der Waals surface area contributed by atoms with Crippen molar-refractivity contribution in [2.45, 2.75) is 26.4 Å². The highest BCUT2D eigenvalue weighted by molar-refractivity contribution is 5.73. The molecule has 0 aliphatic rings. The van der Waals surface area contributed by atoms with Gasteiger partial charge in [0.05, 0.1) is 12.8 Å². The molecule has 0 aliphatic heterocycles. The van der Waals surface area contributed by atoms with E-state index in [1.165, 1.54) is 18.2 Å². The maximum atomic E-state index is 11.7. The smallest absolute Gasteiger partial charge is 0.410 e. The molecular formula is C11H20N2O3. The zero-order valence-electron chi connectivity index (χ0n) is 10.4. The molecule has 0 fully saturated rings. The molecule has 0 spiro atoms. The summed E-state index contributed by atoms with van der Waals surface area (Å²) in [5.74, 6) is 0. The highest BCUT2D eigenvalue weighted by Gasteiger charge is 2.20. The predicted molar refractivity (Wildman–Crippen MR) is 63.5 cm³/mol. The van der Waals surface area contributed by atoms with Crippen LogP contribution in [0.5, 0.6) is 0 Å². The topological polar surface area (TPSA) is 51.1 Å². The molecule has 0 radical (unpaired) electrons. The molecule has 0 aromatic heterocycles. The molecule has 0 aliphatic carbocycles. The van der Waals surface area contributed by atoms with Gasteiger partial charge in [-0.1, -0.05) is 11.2 Å². The lowest BCUT2D eigenvalue weighted by Gasteiger charge is -2.25. The SMILES string of the molecule is C=CCN(C/C=N/OC)C(=O)OC(C)(C)C. The average Bonchev–Trinajstić information content (AvgIpc) is 2.14. The molecule has 0 heterocycles. The Kier molecular flexibility index (Phi) is 6.22. The lowest BCUT2D eigenvalue weighted by molar-refractivity contribution is 0.0300. The third-order valence-electron chi connectivity index (χ3n) is 1.48. The Morgan fingerprint density at radius 3 is 2.50 bits per heavy atom. The second-order valence-electron chi connectivity index (χ2n) is 4.14. The number of hydrogen-bond donors (Lipinski definition) is 0. The fourth-order valence-corrected chi connectivity index (χ4v) is 0.912. The van der Waals surface area contributed by atoms with Crippen molar-refractivity contribution < 1.29 is 14.4 Å². The van der Waals surface area contributed by atoms with Crippen molar-refractivity contribution in [2.24, 2.45) is 5.16 Å². The predicted octanol–water partition coefficient (Wildman–Crippen LogP) is 2.04. The molecule has 16 heavy (non-hydrogen) atoms. The summed E-state index contributed by atoms with van der Waals surface area (Å²) in [7, 11) is 1.45. The molecular weight excluding hydrogens is 208 g/mol. The standard InChI is InChI=1S/C11H20N2O3/c1-6-8-13(9-7-12-15-5)10(14)16-11(2,3)4/h6-7H,1,8-9H2,2-5H3/b12-7+. The minimum absolute atomic E-state index is 0.328. The molecule has 0 saturated heterocycles. The van der Waals surface area contributed by atoms with Crippen LogP contribution in [0, 0.1) is 0 Å². The van der Waals surface area contributed by atoms with Gasteiger partial charge in [0.2, 0.25) is 0 Å². The highest BCUT2D eigenvalue weighted by atomic mass is 16.6. The van der Waals surface area contributed by atoms with Gasteiger partial charge in [-0.2, -0.15) is 0 Å². The third-order valence-corrected chi connectivity index (χ3v) is 1.48. The fourth-order valence-electron chi connectivity index (χ4n) is 0.912. The quantitative estimate of drug-likeness (QED) is 0.411. The summed E-state index contributed by atoms with van der Waals surface area (Å²) < 4.78 is 5.22. The Morgan fingerprint density at radius 2 is 2.06 bits per heavy atom. The van der Waals surface area contributed by atoms with Crippen LogP contribution in [0.1, 0.15) is 20.8 Å². The summed E-state index contributed by atoms with van der Waals surface area (Å²) in [6, 6.07) is 0. The molecule has 0 unspecified atom stereocenters. The zero-order chi connectivity index (χ0) is 12.6. The van der Waals surface area contributed by atoms with Gasteiger partial charge < -0.3 is 9.57 Å². The van der Waals surface area contributed by atoms with E-state index in [1.54, 1.807) is 6.08 Å². The van der Waals surface area contributed by atoms with E-state index in [1.807, 2.05) is 20.8 Å². The van der Waals surface area contributed by atoms with Gasteiger partial charge >= 0.3 is 6.09 Å². The van der Waals surface area contributed by atoms with E-state index in [-0.39, 0.29) is 0 Å². The van der Waals surface area contributed by atoms with Crippen molar-refractivity contribution in [1.82, 2.24) is 4.90 Å². The molecule has 0 atom stereocenters. The molecule has 0 aromatic rings. The van der Waals surface area contributed by atoms with Crippen molar-refractivity contribution in [3.8, 4) is 0 Å². The van der Waals surface area contributed by atoms with Crippen molar-refractivity contribution >= 4 is 12.3 Å². The van der Waals surface area contributed by atoms with Crippen LogP contribution in [-0.2, 0) is 9.57 Å². The van der Waals surface area contributed by atoms with E-state index in [2.05, 4.69) is 16.6 Å². The van der Waals surface area contributed by atoms with Crippen LogP contribution >= 0.6 is 0 Å². The number of oxime groups is 1. The maximum Gasteiger partial charge on any atom is 0.410 e. The minimum atomic E-state index is -0.505. The van der Waals surface area contributed by atoms with Gasteiger partial charge in [0.15, 0.2) is 0 Å². The Labute approximate surface area is 96.7 Å². The van der Waals surface area contributed by atoms with Crippen molar-refractivity contribution in [3.05, 3.63) is 12.7 Å². The number of amides is 1. The largest absolute Gasteiger partial charge is 0.444 e. The molecule has 0 rings (SSSR count). The first-order chi connectivity index (χ1) is 7.40. The van der Waals surface area contributed by atoms with Gasteiger partial charge in [-0.15, -0.1) is 6.58 Å². The first-order valence-electron chi connectivity index (χ1n) is 5.04. The summed E-state index contributed by atoms with van der Waals surface area (Å²) in [5.41, 5.74) is -0.505. The Morgan fingerprint density at radius 1 is 1.44 bits per heavy atom. The number of hydrogen-bond acceptors (Lipinski definition) is 4. The third kappa shape index (κ3) is 6.86. The highest BCUT2D eigenvalue weighted by Crippen LogP contribution is 2.09. The fraction of sp³-hybridized carbons (Fsp3) is 0.636. The maximum absolute atomic E-state index is 11.7. The monoisotopic (exact) mass is 228 g/mol. The van der Waals surface area contributed by atoms with Crippen LogP contribution in [0.2, 0.25) is 0 Å². The summed E-state index contributed by atoms with van der Waals surface area (Å²) in [5, 5.41) is 3.56. The van der Waals surface area contributed by atoms with Crippen LogP contribution in [0.25, 0.3) is 0 Å². The van der Waals surface area contributed by atoms with E-state index >= 15 is 0 Å². The Balaban J connectivity index is 4.34. The Hall–Kier alpha value is -1.52. The number of carbonyl (C=O) groups is 1. The first-order valence-corrected chi connectivity index (χ1v) is 5.04. The van der Waals surface area contributed by atoms with Gasteiger partial charge in [-0.25, -0.2) is 4.79 Å². The number of nitrogens with zero attached hydrogens (tertiary/aromatic N) is 2. The molecule has 0 aromatic carbocycles. The molecule has 0 bridgehead atoms. The summed E-state index contributed by atoms with van der Waals surface area (Å²) in [6.07, 6.45) is 2.73. The van der Waals surface area contributed by atoms with Crippen molar-refractivity contribution in [1.29, 1.82) is 0 Å². The van der Waals surface area contributed by atoms with Gasteiger partial charge in [-0.3, -0.25) is 4.90 Å². The van der Waals surface area contributed by atoms with Gasteiger partial charge in [0, 0.05) is 6.54 Å². The van der Waals surface area contributed by atoms with E-state index in [0.29, 0.717) is 13.1 Å². The van der Waals surface area contributed by atoms with E-state index in [0.717, 1.165) is 0 Å². The number of rotatable bonds is 5. The number of ether oxygens (including phenoxy) is 1. The van der Waals surface area contributed by atoms with Gasteiger partial charge in [0.25, 0.3) is 0 Å². The second-order valence-corrected chi connectivity index (χ2v) is 4.14. The van der Waals surface area contributed by atoms with Crippen LogP contribution in [0.4, 0.5) is 4.79 Å². The average molecular weight is 228 g/mol. The van der Waals surface area contributed by atoms with E-state index in [9.17, 15) is 4.79 Å². The minimum Gasteiger partial charge on any atom is -0.444 e. The van der Waals surface area contributed by atoms with Crippen LogP contribution in [0.15, 0.2) is 17.8 Å². The second kappa shape index (κ2) is 6.87. The summed E-state index contributed by atoms with van der Waals surface area (Å²) >= 11 is 0. The lowest BCUT2D eigenvalue weighted by Crippen LogP contribution is -2.38. The molecule has 5 nitrogen and oxygen atoms in total. The molecule has 0 N–H and O–H groups in total. The lowest BCUT2D eigenvalue weighted by atomic mass is 10.2. The van der Waals surface area contributed by atoms with Crippen LogP contribution < -0.4 is 0 Å². The molecule has 1 amide bonds. The molecule has 92 valence electrons. The Bertz CT molecular complexity index is 256. The van der Waals surface area contributed by atoms with Crippen LogP contribution in [0.3, 0.4) is 0 Å². The van der Waals surface area contributed by atoms with Crippen molar-refractivity contribution in [2.75, 3.05) is 20.2 Å². The molecule has 5 heteroatoms. The molecule has 0 saturated carbocycles. The number of carbonyl (C=O) groups excluding carboxylic acids is 1. The normalized spacial score (nSPS) is 11.2. The summed E-state index contributed by atoms with van der Waals surface area (Å²) in [6.45, 7) is 9.78. The zero-order valence-corrected chi connectivity index (χ0v) is 10.4.